The van der Waals surface area contributed by atoms with Crippen LogP contribution in [0.4, 0.5) is 0 Å². The smallest absolute Gasteiger partial charge is 0.0701 e. The van der Waals surface area contributed by atoms with E-state index in [2.05, 4.69) is 16.9 Å². The summed E-state index contributed by atoms with van der Waals surface area (Å²) in [6, 6.07) is 0. The molecule has 29 heavy (non-hydrogen) atoms. The standard InChI is InChI=1S/C21H43N3O5/c1-2-3-4-5-6-7-8-9-10-12-25-14-16-27-18-20-29-21-19-28-17-15-26-13-11-23-24-22/h2-21H2,1H3. The van der Waals surface area contributed by atoms with E-state index in [9.17, 15) is 0 Å². The lowest BCUT2D eigenvalue weighted by atomic mass is 10.1. The van der Waals surface area contributed by atoms with Crippen LogP contribution in [0.25, 0.3) is 10.4 Å². The monoisotopic (exact) mass is 417 g/mol. The molecule has 0 saturated carbocycles. The van der Waals surface area contributed by atoms with Crippen LogP contribution >= 0.6 is 0 Å². The maximum Gasteiger partial charge on any atom is 0.0701 e. The van der Waals surface area contributed by atoms with Gasteiger partial charge in [-0.15, -0.1) is 0 Å². The van der Waals surface area contributed by atoms with Gasteiger partial charge in [0.2, 0.25) is 0 Å². The lowest BCUT2D eigenvalue weighted by Crippen LogP contribution is -2.13. The molecule has 0 spiro atoms. The second-order valence-corrected chi connectivity index (χ2v) is 6.84. The van der Waals surface area contributed by atoms with Crippen LogP contribution in [0.2, 0.25) is 0 Å². The Hall–Kier alpha value is -0.890. The first-order valence-electron chi connectivity index (χ1n) is 11.3. The fourth-order valence-corrected chi connectivity index (χ4v) is 2.65. The first-order chi connectivity index (χ1) is 14.4. The summed E-state index contributed by atoms with van der Waals surface area (Å²) < 4.78 is 27.0. The molecule has 0 aliphatic carbocycles. The van der Waals surface area contributed by atoms with Crippen molar-refractivity contribution in [1.29, 1.82) is 0 Å². The van der Waals surface area contributed by atoms with E-state index in [1.165, 1.54) is 51.4 Å². The normalized spacial score (nSPS) is 10.9. The van der Waals surface area contributed by atoms with E-state index < -0.39 is 0 Å². The van der Waals surface area contributed by atoms with Crippen molar-refractivity contribution in [2.75, 3.05) is 72.6 Å². The SMILES string of the molecule is CCCCCCCCCCCOCCOCCOCCOCCOCCN=[N+]=[N-]. The first kappa shape index (κ1) is 28.1. The van der Waals surface area contributed by atoms with Crippen molar-refractivity contribution < 1.29 is 23.7 Å². The minimum atomic E-state index is 0.351. The van der Waals surface area contributed by atoms with Gasteiger partial charge in [-0.1, -0.05) is 63.4 Å². The highest BCUT2D eigenvalue weighted by molar-refractivity contribution is 4.47. The molecule has 0 radical (unpaired) electrons. The summed E-state index contributed by atoms with van der Waals surface area (Å²) in [5.41, 5.74) is 8.10. The van der Waals surface area contributed by atoms with Gasteiger partial charge in [0.05, 0.1) is 59.5 Å². The van der Waals surface area contributed by atoms with Gasteiger partial charge in [0.15, 0.2) is 0 Å². The molecule has 8 heteroatoms. The quantitative estimate of drug-likeness (QED) is 0.0910. The highest BCUT2D eigenvalue weighted by Crippen LogP contribution is 2.09. The number of hydrogen-bond donors (Lipinski definition) is 0. The maximum absolute atomic E-state index is 8.10. The molecular weight excluding hydrogens is 374 g/mol. The molecule has 0 aromatic rings. The molecule has 0 amide bonds. The summed E-state index contributed by atoms with van der Waals surface area (Å²) >= 11 is 0. The highest BCUT2D eigenvalue weighted by Gasteiger charge is 1.95. The summed E-state index contributed by atoms with van der Waals surface area (Å²) in [6.45, 7) is 8.33. The Kier molecular flexibility index (Phi) is 26.3. The number of hydrogen-bond acceptors (Lipinski definition) is 6. The zero-order valence-electron chi connectivity index (χ0n) is 18.5. The van der Waals surface area contributed by atoms with Crippen LogP contribution < -0.4 is 0 Å². The molecule has 0 rings (SSSR count). The number of rotatable bonds is 25. The zero-order valence-corrected chi connectivity index (χ0v) is 18.5. The molecule has 0 heterocycles. The van der Waals surface area contributed by atoms with Gasteiger partial charge in [-0.05, 0) is 12.0 Å². The lowest BCUT2D eigenvalue weighted by molar-refractivity contribution is -0.0107. The summed E-state index contributed by atoms with van der Waals surface area (Å²) in [5.74, 6) is 0. The van der Waals surface area contributed by atoms with Gasteiger partial charge >= 0.3 is 0 Å². The molecule has 0 atom stereocenters. The minimum absolute atomic E-state index is 0.351. The summed E-state index contributed by atoms with van der Waals surface area (Å²) in [5, 5.41) is 3.37. The molecule has 0 aromatic carbocycles. The molecule has 0 aromatic heterocycles. The first-order valence-corrected chi connectivity index (χ1v) is 11.3. The number of ether oxygens (including phenoxy) is 5. The average Bonchev–Trinajstić information content (AvgIpc) is 2.74. The summed E-state index contributed by atoms with van der Waals surface area (Å²) in [6.07, 6.45) is 12.0. The van der Waals surface area contributed by atoms with E-state index in [4.69, 9.17) is 29.2 Å². The Labute approximate surface area is 177 Å². The Morgan fingerprint density at radius 1 is 0.517 bits per heavy atom. The van der Waals surface area contributed by atoms with Gasteiger partial charge < -0.3 is 23.7 Å². The van der Waals surface area contributed by atoms with Crippen molar-refractivity contribution >= 4 is 0 Å². The third kappa shape index (κ3) is 27.1. The van der Waals surface area contributed by atoms with Gasteiger partial charge in [-0.2, -0.15) is 0 Å². The molecule has 0 saturated heterocycles. The molecule has 8 nitrogen and oxygen atoms in total. The van der Waals surface area contributed by atoms with Gasteiger partial charge in [0, 0.05) is 18.1 Å². The van der Waals surface area contributed by atoms with Crippen LogP contribution in [0.5, 0.6) is 0 Å². The topological polar surface area (TPSA) is 94.9 Å². The molecule has 0 unspecified atom stereocenters. The Bertz CT molecular complexity index is 355. The predicted molar refractivity (Wildman–Crippen MR) is 115 cm³/mol. The van der Waals surface area contributed by atoms with Crippen LogP contribution in [0.1, 0.15) is 64.7 Å². The second kappa shape index (κ2) is 27.1. The van der Waals surface area contributed by atoms with E-state index in [1.807, 2.05) is 0 Å². The van der Waals surface area contributed by atoms with Crippen LogP contribution in [-0.2, 0) is 23.7 Å². The van der Waals surface area contributed by atoms with E-state index in [0.717, 1.165) is 13.0 Å². The molecule has 172 valence electrons. The number of azide groups is 1. The molecule has 0 fully saturated rings. The van der Waals surface area contributed by atoms with Crippen LogP contribution in [0.3, 0.4) is 0 Å². The van der Waals surface area contributed by atoms with Gasteiger partial charge in [0.1, 0.15) is 0 Å². The van der Waals surface area contributed by atoms with Crippen molar-refractivity contribution in [2.45, 2.75) is 64.7 Å². The third-order valence-corrected chi connectivity index (χ3v) is 4.28. The van der Waals surface area contributed by atoms with Crippen LogP contribution in [0, 0.1) is 0 Å². The third-order valence-electron chi connectivity index (χ3n) is 4.28. The molecule has 0 bridgehead atoms. The number of nitrogens with zero attached hydrogens (tertiary/aromatic N) is 3. The van der Waals surface area contributed by atoms with Crippen molar-refractivity contribution in [1.82, 2.24) is 0 Å². The fraction of sp³-hybridized carbons (Fsp3) is 1.00. The maximum atomic E-state index is 8.10. The van der Waals surface area contributed by atoms with Gasteiger partial charge in [-0.25, -0.2) is 0 Å². The summed E-state index contributed by atoms with van der Waals surface area (Å²) in [7, 11) is 0. The van der Waals surface area contributed by atoms with Gasteiger partial charge in [0.25, 0.3) is 0 Å². The Morgan fingerprint density at radius 2 is 0.897 bits per heavy atom. The van der Waals surface area contributed by atoms with E-state index in [1.54, 1.807) is 0 Å². The van der Waals surface area contributed by atoms with E-state index >= 15 is 0 Å². The van der Waals surface area contributed by atoms with Crippen molar-refractivity contribution in [3.63, 3.8) is 0 Å². The van der Waals surface area contributed by atoms with Crippen molar-refractivity contribution in [3.8, 4) is 0 Å². The fourth-order valence-electron chi connectivity index (χ4n) is 2.65. The lowest BCUT2D eigenvalue weighted by Gasteiger charge is -2.08. The predicted octanol–water partition coefficient (Wildman–Crippen LogP) is 4.91. The van der Waals surface area contributed by atoms with Crippen molar-refractivity contribution in [3.05, 3.63) is 10.4 Å². The number of unbranched alkanes of at least 4 members (excludes halogenated alkanes) is 8. The molecule has 0 N–H and O–H groups in total. The average molecular weight is 418 g/mol. The van der Waals surface area contributed by atoms with Crippen LogP contribution in [0.15, 0.2) is 5.11 Å². The largest absolute Gasteiger partial charge is 0.379 e. The second-order valence-electron chi connectivity index (χ2n) is 6.84. The zero-order chi connectivity index (χ0) is 21.1. The van der Waals surface area contributed by atoms with E-state index in [-0.39, 0.29) is 0 Å². The van der Waals surface area contributed by atoms with Crippen LogP contribution in [-0.4, -0.2) is 72.6 Å². The van der Waals surface area contributed by atoms with E-state index in [0.29, 0.717) is 66.0 Å². The molecular formula is C21H43N3O5. The van der Waals surface area contributed by atoms with Gasteiger partial charge in [-0.3, -0.25) is 0 Å². The summed E-state index contributed by atoms with van der Waals surface area (Å²) in [4.78, 5) is 2.64. The molecule has 0 aliphatic heterocycles. The Balaban J connectivity index is 2.99. The van der Waals surface area contributed by atoms with Crippen molar-refractivity contribution in [2.24, 2.45) is 5.11 Å². The molecule has 0 aliphatic rings. The highest BCUT2D eigenvalue weighted by atomic mass is 16.6. The minimum Gasteiger partial charge on any atom is -0.379 e. The Morgan fingerprint density at radius 3 is 1.34 bits per heavy atom.